The number of nitrogens with two attached hydrogens (primary N) is 1. The lowest BCUT2D eigenvalue weighted by molar-refractivity contribution is 0.415. The van der Waals surface area contributed by atoms with E-state index in [0.717, 1.165) is 17.1 Å². The maximum Gasteiger partial charge on any atom is 0.158 e. The Kier molecular flexibility index (Phi) is 2.10. The number of ether oxygens (including phenoxy) is 1. The molecular formula is C10H11N3O. The first-order valence-corrected chi connectivity index (χ1v) is 4.24. The van der Waals surface area contributed by atoms with Crippen molar-refractivity contribution in [1.29, 1.82) is 0 Å². The molecule has 0 aliphatic rings. The van der Waals surface area contributed by atoms with E-state index >= 15 is 0 Å². The van der Waals surface area contributed by atoms with Crippen molar-refractivity contribution in [3.05, 3.63) is 36.7 Å². The maximum absolute atomic E-state index is 5.67. The van der Waals surface area contributed by atoms with E-state index in [1.54, 1.807) is 19.5 Å². The zero-order chi connectivity index (χ0) is 9.97. The highest BCUT2D eigenvalue weighted by atomic mass is 16.5. The molecule has 2 rings (SSSR count). The summed E-state index contributed by atoms with van der Waals surface area (Å²) in [5, 5.41) is 0. The molecule has 72 valence electrons. The van der Waals surface area contributed by atoms with Gasteiger partial charge in [-0.3, -0.25) is 4.68 Å². The third kappa shape index (κ3) is 1.42. The fraction of sp³-hybridized carbons (Fsp3) is 0.100. The average Bonchev–Trinajstić information content (AvgIpc) is 2.65. The smallest absolute Gasteiger partial charge is 0.158 e. The summed E-state index contributed by atoms with van der Waals surface area (Å²) < 4.78 is 6.55. The van der Waals surface area contributed by atoms with E-state index < -0.39 is 0 Å². The van der Waals surface area contributed by atoms with Gasteiger partial charge in [0.1, 0.15) is 5.75 Å². The summed E-state index contributed by atoms with van der Waals surface area (Å²) in [5.41, 5.74) is 0.971. The van der Waals surface area contributed by atoms with E-state index in [9.17, 15) is 0 Å². The van der Waals surface area contributed by atoms with Crippen molar-refractivity contribution < 1.29 is 4.74 Å². The van der Waals surface area contributed by atoms with Crippen LogP contribution < -0.4 is 10.6 Å². The van der Waals surface area contributed by atoms with Crippen LogP contribution in [-0.4, -0.2) is 16.8 Å². The van der Waals surface area contributed by atoms with E-state index in [1.807, 2.05) is 24.3 Å². The standard InChI is InChI=1S/C10H11N3O/c1-14-9-4-2-8(3-5-9)10-12-6-7-13(10)11/h2-7H,11H2,1H3. The Hall–Kier alpha value is -1.97. The Morgan fingerprint density at radius 1 is 1.29 bits per heavy atom. The second kappa shape index (κ2) is 3.41. The monoisotopic (exact) mass is 189 g/mol. The van der Waals surface area contributed by atoms with Crippen molar-refractivity contribution in [2.75, 3.05) is 13.0 Å². The van der Waals surface area contributed by atoms with E-state index in [4.69, 9.17) is 10.6 Å². The molecule has 0 atom stereocenters. The quantitative estimate of drug-likeness (QED) is 0.724. The van der Waals surface area contributed by atoms with E-state index in [1.165, 1.54) is 4.68 Å². The molecule has 0 unspecified atom stereocenters. The van der Waals surface area contributed by atoms with Crippen molar-refractivity contribution in [2.45, 2.75) is 0 Å². The van der Waals surface area contributed by atoms with Crippen LogP contribution in [0.3, 0.4) is 0 Å². The lowest BCUT2D eigenvalue weighted by atomic mass is 10.2. The summed E-state index contributed by atoms with van der Waals surface area (Å²) in [6, 6.07) is 7.60. The second-order valence-electron chi connectivity index (χ2n) is 2.89. The minimum absolute atomic E-state index is 0.743. The first-order chi connectivity index (χ1) is 6.81. The molecule has 0 amide bonds. The number of rotatable bonds is 2. The molecule has 2 aromatic rings. The van der Waals surface area contributed by atoms with Gasteiger partial charge in [-0.05, 0) is 24.3 Å². The van der Waals surface area contributed by atoms with E-state index in [0.29, 0.717) is 0 Å². The SMILES string of the molecule is COc1ccc(-c2nccn2N)cc1. The minimum atomic E-state index is 0.743. The number of aromatic nitrogens is 2. The molecule has 0 saturated carbocycles. The molecule has 0 bridgehead atoms. The summed E-state index contributed by atoms with van der Waals surface area (Å²) in [6.07, 6.45) is 3.37. The molecular weight excluding hydrogens is 178 g/mol. The summed E-state index contributed by atoms with van der Waals surface area (Å²) in [4.78, 5) is 4.14. The van der Waals surface area contributed by atoms with Gasteiger partial charge >= 0.3 is 0 Å². The molecule has 0 fully saturated rings. The number of benzene rings is 1. The van der Waals surface area contributed by atoms with Gasteiger partial charge in [-0.15, -0.1) is 0 Å². The van der Waals surface area contributed by atoms with Crippen LogP contribution in [0, 0.1) is 0 Å². The molecule has 1 heterocycles. The van der Waals surface area contributed by atoms with Crippen LogP contribution in [0.2, 0.25) is 0 Å². The molecule has 0 saturated heterocycles. The van der Waals surface area contributed by atoms with Gasteiger partial charge in [0.15, 0.2) is 5.82 Å². The molecule has 0 radical (unpaired) electrons. The molecule has 0 aliphatic carbocycles. The third-order valence-corrected chi connectivity index (χ3v) is 2.02. The van der Waals surface area contributed by atoms with Crippen LogP contribution in [-0.2, 0) is 0 Å². The minimum Gasteiger partial charge on any atom is -0.497 e. The molecule has 14 heavy (non-hydrogen) atoms. The predicted molar refractivity (Wildman–Crippen MR) is 54.4 cm³/mol. The lowest BCUT2D eigenvalue weighted by Crippen LogP contribution is -2.08. The zero-order valence-corrected chi connectivity index (χ0v) is 7.84. The van der Waals surface area contributed by atoms with Crippen LogP contribution in [0.15, 0.2) is 36.7 Å². The second-order valence-corrected chi connectivity index (χ2v) is 2.89. The van der Waals surface area contributed by atoms with Gasteiger partial charge < -0.3 is 10.6 Å². The van der Waals surface area contributed by atoms with Crippen LogP contribution in [0.25, 0.3) is 11.4 Å². The Balaban J connectivity index is 2.39. The summed E-state index contributed by atoms with van der Waals surface area (Å²) in [5.74, 6) is 7.23. The van der Waals surface area contributed by atoms with Crippen molar-refractivity contribution in [3.8, 4) is 17.1 Å². The topological polar surface area (TPSA) is 53.1 Å². The number of nitrogen functional groups attached to an aromatic ring is 1. The van der Waals surface area contributed by atoms with Gasteiger partial charge in [-0.2, -0.15) is 0 Å². The van der Waals surface area contributed by atoms with Gasteiger partial charge in [0, 0.05) is 18.0 Å². The van der Waals surface area contributed by atoms with Gasteiger partial charge in [0.2, 0.25) is 0 Å². The third-order valence-electron chi connectivity index (χ3n) is 2.02. The first kappa shape index (κ1) is 8.62. The number of imidazole rings is 1. The van der Waals surface area contributed by atoms with Crippen LogP contribution in [0.5, 0.6) is 5.75 Å². The van der Waals surface area contributed by atoms with Gasteiger partial charge in [-0.25, -0.2) is 4.98 Å². The van der Waals surface area contributed by atoms with E-state index in [2.05, 4.69) is 4.98 Å². The predicted octanol–water partition coefficient (Wildman–Crippen LogP) is 1.27. The zero-order valence-electron chi connectivity index (χ0n) is 7.84. The number of hydrogen-bond donors (Lipinski definition) is 1. The highest BCUT2D eigenvalue weighted by Crippen LogP contribution is 2.19. The summed E-state index contributed by atoms with van der Waals surface area (Å²) in [6.45, 7) is 0. The number of hydrogen-bond acceptors (Lipinski definition) is 3. The molecule has 1 aromatic carbocycles. The number of nitrogens with zero attached hydrogens (tertiary/aromatic N) is 2. The molecule has 4 heteroatoms. The number of methoxy groups -OCH3 is 1. The van der Waals surface area contributed by atoms with Gasteiger partial charge in [-0.1, -0.05) is 0 Å². The fourth-order valence-corrected chi connectivity index (χ4v) is 1.28. The van der Waals surface area contributed by atoms with Gasteiger partial charge in [0.25, 0.3) is 0 Å². The van der Waals surface area contributed by atoms with Gasteiger partial charge in [0.05, 0.1) is 7.11 Å². The van der Waals surface area contributed by atoms with Crippen molar-refractivity contribution in [3.63, 3.8) is 0 Å². The Labute approximate surface area is 81.9 Å². The largest absolute Gasteiger partial charge is 0.497 e. The van der Waals surface area contributed by atoms with Crippen molar-refractivity contribution in [2.24, 2.45) is 0 Å². The normalized spacial score (nSPS) is 10.1. The Morgan fingerprint density at radius 3 is 2.50 bits per heavy atom. The lowest BCUT2D eigenvalue weighted by Gasteiger charge is -2.03. The van der Waals surface area contributed by atoms with Crippen molar-refractivity contribution >= 4 is 0 Å². The summed E-state index contributed by atoms with van der Waals surface area (Å²) in [7, 11) is 1.64. The molecule has 0 spiro atoms. The molecule has 2 N–H and O–H groups in total. The fourth-order valence-electron chi connectivity index (χ4n) is 1.28. The van der Waals surface area contributed by atoms with Crippen LogP contribution >= 0.6 is 0 Å². The average molecular weight is 189 g/mol. The summed E-state index contributed by atoms with van der Waals surface area (Å²) >= 11 is 0. The highest BCUT2D eigenvalue weighted by molar-refractivity contribution is 5.56. The molecule has 1 aromatic heterocycles. The van der Waals surface area contributed by atoms with Crippen LogP contribution in [0.1, 0.15) is 0 Å². The Morgan fingerprint density at radius 2 is 2.00 bits per heavy atom. The highest BCUT2D eigenvalue weighted by Gasteiger charge is 2.02. The van der Waals surface area contributed by atoms with E-state index in [-0.39, 0.29) is 0 Å². The first-order valence-electron chi connectivity index (χ1n) is 4.24. The van der Waals surface area contributed by atoms with Crippen molar-refractivity contribution in [1.82, 2.24) is 9.66 Å². The van der Waals surface area contributed by atoms with Crippen LogP contribution in [0.4, 0.5) is 0 Å². The molecule has 4 nitrogen and oxygen atoms in total. The maximum atomic E-state index is 5.67. The Bertz CT molecular complexity index is 419. The molecule has 0 aliphatic heterocycles.